The molecule has 2 amide bonds. The van der Waals surface area contributed by atoms with Crippen molar-refractivity contribution >= 4 is 27.8 Å². The molecule has 35 heavy (non-hydrogen) atoms. The van der Waals surface area contributed by atoms with E-state index in [1.54, 1.807) is 12.1 Å². The van der Waals surface area contributed by atoms with Gasteiger partial charge < -0.3 is 20.7 Å². The molecule has 0 saturated carbocycles. The lowest BCUT2D eigenvalue weighted by atomic mass is 9.87. The number of rotatable bonds is 9. The second kappa shape index (κ2) is 11.4. The van der Waals surface area contributed by atoms with Gasteiger partial charge in [0.2, 0.25) is 15.9 Å². The number of nitrogens with zero attached hydrogens (tertiary/aromatic N) is 1. The van der Waals surface area contributed by atoms with Gasteiger partial charge >= 0.3 is 5.97 Å². The normalized spacial score (nSPS) is 15.1. The van der Waals surface area contributed by atoms with Gasteiger partial charge in [0.25, 0.3) is 5.91 Å². The van der Waals surface area contributed by atoms with Crippen molar-refractivity contribution < 1.29 is 27.5 Å². The number of benzene rings is 1. The van der Waals surface area contributed by atoms with Gasteiger partial charge in [-0.2, -0.15) is 0 Å². The molecule has 0 bridgehead atoms. The van der Waals surface area contributed by atoms with Gasteiger partial charge in [-0.1, -0.05) is 17.7 Å². The van der Waals surface area contributed by atoms with Crippen LogP contribution in [0.15, 0.2) is 47.5 Å². The van der Waals surface area contributed by atoms with Crippen LogP contribution < -0.4 is 20.7 Å². The molecule has 2 heterocycles. The topological polar surface area (TPSA) is 156 Å². The molecular formula is C23H29N5O6S. The van der Waals surface area contributed by atoms with E-state index in [-0.39, 0.29) is 29.2 Å². The molecule has 1 aliphatic rings. The lowest BCUT2D eigenvalue weighted by Gasteiger charge is -2.36. The average molecular weight is 504 g/mol. The van der Waals surface area contributed by atoms with Gasteiger partial charge in [-0.25, -0.2) is 17.9 Å². The Bertz CT molecular complexity index is 1160. The van der Waals surface area contributed by atoms with Crippen LogP contribution in [0.4, 0.5) is 0 Å². The minimum atomic E-state index is -3.70. The molecule has 3 rings (SSSR count). The smallest absolute Gasteiger partial charge is 0.339 e. The third kappa shape index (κ3) is 6.62. The molecule has 4 N–H and O–H groups in total. The molecule has 1 fully saturated rings. The number of aryl methyl sites for hydroxylation is 1. The SMILES string of the molecule is COC(=O)c1ccc(C(=O)NC2(C(=O)NCCNS(=O)(=O)c3ccc(C)cc3)CCNCC2)nc1. The van der Waals surface area contributed by atoms with Gasteiger partial charge in [0.05, 0.1) is 17.6 Å². The molecule has 1 aromatic heterocycles. The van der Waals surface area contributed by atoms with Crippen LogP contribution >= 0.6 is 0 Å². The summed E-state index contributed by atoms with van der Waals surface area (Å²) < 4.78 is 31.9. The van der Waals surface area contributed by atoms with Crippen LogP contribution in [0.1, 0.15) is 39.3 Å². The fourth-order valence-electron chi connectivity index (χ4n) is 3.64. The monoisotopic (exact) mass is 503 g/mol. The molecule has 0 radical (unpaired) electrons. The van der Waals surface area contributed by atoms with Crippen LogP contribution in [-0.4, -0.2) is 70.0 Å². The van der Waals surface area contributed by atoms with Crippen molar-refractivity contribution in [1.82, 2.24) is 25.7 Å². The zero-order chi connectivity index (χ0) is 25.5. The van der Waals surface area contributed by atoms with Gasteiger partial charge in [-0.05, 0) is 57.1 Å². The van der Waals surface area contributed by atoms with E-state index in [0.29, 0.717) is 25.9 Å². The summed E-state index contributed by atoms with van der Waals surface area (Å²) in [4.78, 5) is 41.6. The maximum Gasteiger partial charge on any atom is 0.339 e. The number of piperidine rings is 1. The van der Waals surface area contributed by atoms with E-state index in [9.17, 15) is 22.8 Å². The second-order valence-electron chi connectivity index (χ2n) is 8.18. The highest BCUT2D eigenvalue weighted by Gasteiger charge is 2.41. The van der Waals surface area contributed by atoms with Crippen molar-refractivity contribution in [3.8, 4) is 0 Å². The maximum atomic E-state index is 13.1. The summed E-state index contributed by atoms with van der Waals surface area (Å²) in [6, 6.07) is 9.25. The van der Waals surface area contributed by atoms with Gasteiger partial charge in [0.1, 0.15) is 11.2 Å². The standard InChI is InChI=1S/C23H29N5O6S/c1-16-3-6-18(7-4-16)35(32,33)27-14-13-25-22(31)23(9-11-24-12-10-23)28-20(29)19-8-5-17(15-26-19)21(30)34-2/h3-8,15,24,27H,9-14H2,1-2H3,(H,25,31)(H,28,29). The molecule has 0 unspecified atom stereocenters. The highest BCUT2D eigenvalue weighted by molar-refractivity contribution is 7.89. The zero-order valence-electron chi connectivity index (χ0n) is 19.6. The number of pyridine rings is 1. The third-order valence-electron chi connectivity index (χ3n) is 5.70. The van der Waals surface area contributed by atoms with E-state index in [2.05, 4.69) is 30.4 Å². The van der Waals surface area contributed by atoms with Crippen LogP contribution in [0, 0.1) is 6.92 Å². The first-order valence-corrected chi connectivity index (χ1v) is 12.6. The number of methoxy groups -OCH3 is 1. The Kier molecular flexibility index (Phi) is 8.54. The van der Waals surface area contributed by atoms with Gasteiger partial charge in [0.15, 0.2) is 0 Å². The molecule has 2 aromatic rings. The number of nitrogens with one attached hydrogen (secondary N) is 4. The van der Waals surface area contributed by atoms with Crippen molar-refractivity contribution in [2.24, 2.45) is 0 Å². The Morgan fingerprint density at radius 1 is 1.06 bits per heavy atom. The van der Waals surface area contributed by atoms with E-state index in [4.69, 9.17) is 0 Å². The molecule has 1 saturated heterocycles. The third-order valence-corrected chi connectivity index (χ3v) is 7.17. The quantitative estimate of drug-likeness (QED) is 0.278. The predicted octanol–water partition coefficient (Wildman–Crippen LogP) is 0.123. The summed E-state index contributed by atoms with van der Waals surface area (Å²) >= 11 is 0. The van der Waals surface area contributed by atoms with Crippen LogP contribution in [0.3, 0.4) is 0 Å². The fourth-order valence-corrected chi connectivity index (χ4v) is 4.67. The van der Waals surface area contributed by atoms with Crippen molar-refractivity contribution in [2.75, 3.05) is 33.3 Å². The first-order valence-electron chi connectivity index (χ1n) is 11.1. The minimum absolute atomic E-state index is 0.0131. The molecule has 11 nitrogen and oxygen atoms in total. The van der Waals surface area contributed by atoms with Crippen molar-refractivity contribution in [2.45, 2.75) is 30.2 Å². The van der Waals surface area contributed by atoms with Crippen LogP contribution in [0.2, 0.25) is 0 Å². The minimum Gasteiger partial charge on any atom is -0.465 e. The maximum absolute atomic E-state index is 13.1. The van der Waals surface area contributed by atoms with Gasteiger partial charge in [-0.15, -0.1) is 0 Å². The summed E-state index contributed by atoms with van der Waals surface area (Å²) in [5.41, 5.74) is 0.0155. The number of hydrogen-bond donors (Lipinski definition) is 4. The van der Waals surface area contributed by atoms with Gasteiger partial charge in [-0.3, -0.25) is 14.6 Å². The number of sulfonamides is 1. The highest BCUT2D eigenvalue weighted by Crippen LogP contribution is 2.20. The molecule has 0 aliphatic carbocycles. The van der Waals surface area contributed by atoms with Crippen molar-refractivity contribution in [3.05, 3.63) is 59.4 Å². The van der Waals surface area contributed by atoms with Crippen LogP contribution in [0.25, 0.3) is 0 Å². The van der Waals surface area contributed by atoms with Crippen LogP contribution in [0.5, 0.6) is 0 Å². The van der Waals surface area contributed by atoms with E-state index >= 15 is 0 Å². The number of hydrogen-bond acceptors (Lipinski definition) is 8. The molecule has 0 atom stereocenters. The largest absolute Gasteiger partial charge is 0.465 e. The number of amides is 2. The molecule has 1 aliphatic heterocycles. The van der Waals surface area contributed by atoms with Crippen LogP contribution in [-0.2, 0) is 19.6 Å². The Morgan fingerprint density at radius 2 is 1.74 bits per heavy atom. The highest BCUT2D eigenvalue weighted by atomic mass is 32.2. The number of carbonyl (C=O) groups excluding carboxylic acids is 3. The number of esters is 1. The Morgan fingerprint density at radius 3 is 2.34 bits per heavy atom. The lowest BCUT2D eigenvalue weighted by Crippen LogP contribution is -2.63. The summed E-state index contributed by atoms with van der Waals surface area (Å²) in [5, 5.41) is 8.67. The van der Waals surface area contributed by atoms with E-state index in [0.717, 1.165) is 5.56 Å². The predicted molar refractivity (Wildman–Crippen MR) is 127 cm³/mol. The van der Waals surface area contributed by atoms with Gasteiger partial charge in [0, 0.05) is 19.3 Å². The number of aromatic nitrogens is 1. The molecule has 0 spiro atoms. The molecule has 12 heteroatoms. The zero-order valence-corrected chi connectivity index (χ0v) is 20.4. The Balaban J connectivity index is 1.60. The summed E-state index contributed by atoms with van der Waals surface area (Å²) in [6.45, 7) is 2.93. The first kappa shape index (κ1) is 26.3. The first-order chi connectivity index (χ1) is 16.7. The Hall–Kier alpha value is -3.35. The van der Waals surface area contributed by atoms with Crippen molar-refractivity contribution in [1.29, 1.82) is 0 Å². The molecular weight excluding hydrogens is 474 g/mol. The van der Waals surface area contributed by atoms with E-state index in [1.807, 2.05) is 6.92 Å². The number of ether oxygens (including phenoxy) is 1. The number of carbonyl (C=O) groups is 3. The summed E-state index contributed by atoms with van der Waals surface area (Å²) in [5.74, 6) is -1.54. The molecule has 1 aromatic carbocycles. The van der Waals surface area contributed by atoms with E-state index < -0.39 is 33.3 Å². The Labute approximate surface area is 204 Å². The summed E-state index contributed by atoms with van der Waals surface area (Å²) in [7, 11) is -2.46. The fraction of sp³-hybridized carbons (Fsp3) is 0.391. The second-order valence-corrected chi connectivity index (χ2v) is 9.94. The molecule has 188 valence electrons. The summed E-state index contributed by atoms with van der Waals surface area (Å²) in [6.07, 6.45) is 1.93. The van der Waals surface area contributed by atoms with Crippen molar-refractivity contribution in [3.63, 3.8) is 0 Å². The lowest BCUT2D eigenvalue weighted by molar-refractivity contribution is -0.128. The average Bonchev–Trinajstić information content (AvgIpc) is 2.87. The van der Waals surface area contributed by atoms with E-state index in [1.165, 1.54) is 37.6 Å².